The molecule has 1 saturated carbocycles. The molecule has 4 heteroatoms. The standard InChI is InChI=1S/C16H19BrN2O/c1-11-13(4-2-5-14(11)17)15-10-19-16(20-15)6-3-9-18-12-7-8-12/h2,4-5,10,12,18H,3,6-9H2,1H3. The fraction of sp³-hybridized carbons (Fsp3) is 0.438. The highest BCUT2D eigenvalue weighted by Gasteiger charge is 2.19. The summed E-state index contributed by atoms with van der Waals surface area (Å²) in [6, 6.07) is 6.91. The van der Waals surface area contributed by atoms with Gasteiger partial charge in [0.2, 0.25) is 0 Å². The predicted molar refractivity (Wildman–Crippen MR) is 83.7 cm³/mol. The Hall–Kier alpha value is -1.13. The summed E-state index contributed by atoms with van der Waals surface area (Å²) < 4.78 is 6.97. The summed E-state index contributed by atoms with van der Waals surface area (Å²) in [6.07, 6.45) is 6.48. The average molecular weight is 335 g/mol. The molecule has 1 aromatic heterocycles. The second kappa shape index (κ2) is 6.10. The second-order valence-electron chi connectivity index (χ2n) is 5.36. The fourth-order valence-corrected chi connectivity index (χ4v) is 2.62. The third-order valence-electron chi connectivity index (χ3n) is 3.66. The Labute approximate surface area is 127 Å². The number of halogens is 1. The van der Waals surface area contributed by atoms with E-state index in [-0.39, 0.29) is 0 Å². The largest absolute Gasteiger partial charge is 0.441 e. The minimum atomic E-state index is 0.777. The van der Waals surface area contributed by atoms with E-state index in [0.717, 1.165) is 47.1 Å². The lowest BCUT2D eigenvalue weighted by atomic mass is 10.1. The molecule has 0 bridgehead atoms. The second-order valence-corrected chi connectivity index (χ2v) is 6.22. The Morgan fingerprint density at radius 3 is 3.05 bits per heavy atom. The van der Waals surface area contributed by atoms with Crippen molar-refractivity contribution in [3.63, 3.8) is 0 Å². The molecule has 2 aromatic rings. The zero-order valence-electron chi connectivity index (χ0n) is 11.7. The number of aryl methyl sites for hydroxylation is 1. The molecule has 20 heavy (non-hydrogen) atoms. The molecule has 0 aliphatic heterocycles. The van der Waals surface area contributed by atoms with Crippen LogP contribution in [0.15, 0.2) is 33.3 Å². The first kappa shape index (κ1) is 13.8. The normalized spacial score (nSPS) is 14.7. The zero-order chi connectivity index (χ0) is 13.9. The van der Waals surface area contributed by atoms with Crippen molar-refractivity contribution in [3.05, 3.63) is 40.3 Å². The SMILES string of the molecule is Cc1c(Br)cccc1-c1cnc(CCCNC2CC2)o1. The number of hydrogen-bond donors (Lipinski definition) is 1. The van der Waals surface area contributed by atoms with Crippen LogP contribution in [-0.4, -0.2) is 17.6 Å². The van der Waals surface area contributed by atoms with E-state index in [0.29, 0.717) is 0 Å². The van der Waals surface area contributed by atoms with Gasteiger partial charge in [0.15, 0.2) is 11.7 Å². The first-order valence-corrected chi connectivity index (χ1v) is 7.97. The van der Waals surface area contributed by atoms with Gasteiger partial charge in [-0.3, -0.25) is 0 Å². The molecular weight excluding hydrogens is 316 g/mol. The number of nitrogens with zero attached hydrogens (tertiary/aromatic N) is 1. The van der Waals surface area contributed by atoms with E-state index in [9.17, 15) is 0 Å². The molecule has 1 aliphatic rings. The molecule has 0 saturated heterocycles. The van der Waals surface area contributed by atoms with Gasteiger partial charge in [-0.05, 0) is 44.4 Å². The van der Waals surface area contributed by atoms with Crippen molar-refractivity contribution < 1.29 is 4.42 Å². The van der Waals surface area contributed by atoms with Gasteiger partial charge < -0.3 is 9.73 Å². The molecule has 3 nitrogen and oxygen atoms in total. The van der Waals surface area contributed by atoms with Gasteiger partial charge in [0.1, 0.15) is 0 Å². The molecule has 3 rings (SSSR count). The molecule has 0 amide bonds. The quantitative estimate of drug-likeness (QED) is 0.808. The van der Waals surface area contributed by atoms with Crippen LogP contribution >= 0.6 is 15.9 Å². The van der Waals surface area contributed by atoms with E-state index in [1.54, 1.807) is 0 Å². The number of oxazole rings is 1. The minimum Gasteiger partial charge on any atom is -0.441 e. The Balaban J connectivity index is 1.62. The lowest BCUT2D eigenvalue weighted by Gasteiger charge is -2.04. The summed E-state index contributed by atoms with van der Waals surface area (Å²) in [5, 5.41) is 3.51. The summed E-state index contributed by atoms with van der Waals surface area (Å²) in [5.74, 6) is 1.69. The topological polar surface area (TPSA) is 38.1 Å². The van der Waals surface area contributed by atoms with Gasteiger partial charge in [0.25, 0.3) is 0 Å². The Morgan fingerprint density at radius 2 is 2.25 bits per heavy atom. The highest BCUT2D eigenvalue weighted by atomic mass is 79.9. The van der Waals surface area contributed by atoms with Crippen molar-refractivity contribution in [1.29, 1.82) is 0 Å². The maximum Gasteiger partial charge on any atom is 0.194 e. The van der Waals surface area contributed by atoms with E-state index in [1.807, 2.05) is 18.3 Å². The van der Waals surface area contributed by atoms with Gasteiger partial charge >= 0.3 is 0 Å². The van der Waals surface area contributed by atoms with E-state index in [2.05, 4.69) is 39.2 Å². The molecular formula is C16H19BrN2O. The fourth-order valence-electron chi connectivity index (χ4n) is 2.26. The van der Waals surface area contributed by atoms with Crippen molar-refractivity contribution in [3.8, 4) is 11.3 Å². The molecule has 0 spiro atoms. The maximum atomic E-state index is 5.87. The molecule has 1 N–H and O–H groups in total. The number of benzene rings is 1. The van der Waals surface area contributed by atoms with Crippen LogP contribution in [0.25, 0.3) is 11.3 Å². The monoisotopic (exact) mass is 334 g/mol. The molecule has 0 atom stereocenters. The van der Waals surface area contributed by atoms with Gasteiger partial charge in [-0.1, -0.05) is 28.1 Å². The highest BCUT2D eigenvalue weighted by Crippen LogP contribution is 2.29. The van der Waals surface area contributed by atoms with Crippen LogP contribution in [0.4, 0.5) is 0 Å². The van der Waals surface area contributed by atoms with Crippen LogP contribution in [0.5, 0.6) is 0 Å². The molecule has 0 unspecified atom stereocenters. The third kappa shape index (κ3) is 3.30. The minimum absolute atomic E-state index is 0.777. The van der Waals surface area contributed by atoms with E-state index in [4.69, 9.17) is 4.42 Å². The summed E-state index contributed by atoms with van der Waals surface area (Å²) >= 11 is 3.55. The van der Waals surface area contributed by atoms with Crippen LogP contribution in [0.3, 0.4) is 0 Å². The number of aromatic nitrogens is 1. The first-order valence-electron chi connectivity index (χ1n) is 7.17. The van der Waals surface area contributed by atoms with Crippen molar-refractivity contribution in [2.75, 3.05) is 6.54 Å². The Kier molecular flexibility index (Phi) is 4.22. The molecule has 106 valence electrons. The summed E-state index contributed by atoms with van der Waals surface area (Å²) in [6.45, 7) is 3.14. The summed E-state index contributed by atoms with van der Waals surface area (Å²) in [5.41, 5.74) is 2.29. The Morgan fingerprint density at radius 1 is 1.40 bits per heavy atom. The van der Waals surface area contributed by atoms with Gasteiger partial charge in [0.05, 0.1) is 6.20 Å². The van der Waals surface area contributed by atoms with E-state index >= 15 is 0 Å². The highest BCUT2D eigenvalue weighted by molar-refractivity contribution is 9.10. The smallest absolute Gasteiger partial charge is 0.194 e. The van der Waals surface area contributed by atoms with E-state index in [1.165, 1.54) is 18.4 Å². The van der Waals surface area contributed by atoms with E-state index < -0.39 is 0 Å². The molecule has 1 heterocycles. The number of nitrogens with one attached hydrogen (secondary N) is 1. The van der Waals surface area contributed by atoms with Crippen molar-refractivity contribution in [2.45, 2.75) is 38.6 Å². The van der Waals surface area contributed by atoms with Crippen LogP contribution in [0, 0.1) is 6.92 Å². The number of hydrogen-bond acceptors (Lipinski definition) is 3. The van der Waals surface area contributed by atoms with Crippen LogP contribution < -0.4 is 5.32 Å². The Bertz CT molecular complexity index is 590. The van der Waals surface area contributed by atoms with Crippen LogP contribution in [-0.2, 0) is 6.42 Å². The van der Waals surface area contributed by atoms with Gasteiger partial charge in [-0.25, -0.2) is 4.98 Å². The van der Waals surface area contributed by atoms with Crippen LogP contribution in [0.1, 0.15) is 30.7 Å². The van der Waals surface area contributed by atoms with Gasteiger partial charge in [0, 0.05) is 22.5 Å². The lowest BCUT2D eigenvalue weighted by molar-refractivity contribution is 0.491. The van der Waals surface area contributed by atoms with Crippen molar-refractivity contribution in [2.24, 2.45) is 0 Å². The third-order valence-corrected chi connectivity index (χ3v) is 4.52. The van der Waals surface area contributed by atoms with Crippen LogP contribution in [0.2, 0.25) is 0 Å². The lowest BCUT2D eigenvalue weighted by Crippen LogP contribution is -2.17. The van der Waals surface area contributed by atoms with Gasteiger partial charge in [-0.2, -0.15) is 0 Å². The zero-order valence-corrected chi connectivity index (χ0v) is 13.2. The summed E-state index contributed by atoms with van der Waals surface area (Å²) in [4.78, 5) is 4.39. The molecule has 0 radical (unpaired) electrons. The predicted octanol–water partition coefficient (Wildman–Crippen LogP) is 4.10. The van der Waals surface area contributed by atoms with Crippen molar-refractivity contribution in [1.82, 2.24) is 10.3 Å². The molecule has 1 aromatic carbocycles. The number of rotatable bonds is 6. The maximum absolute atomic E-state index is 5.87. The average Bonchev–Trinajstić information content (AvgIpc) is 3.15. The van der Waals surface area contributed by atoms with Gasteiger partial charge in [-0.15, -0.1) is 0 Å². The first-order chi connectivity index (χ1) is 9.74. The summed E-state index contributed by atoms with van der Waals surface area (Å²) in [7, 11) is 0. The van der Waals surface area contributed by atoms with Crippen molar-refractivity contribution >= 4 is 15.9 Å². The molecule has 1 fully saturated rings. The molecule has 1 aliphatic carbocycles.